The Kier molecular flexibility index (Phi) is 3.70. The Morgan fingerprint density at radius 2 is 2.41 bits per heavy atom. The second-order valence-electron chi connectivity index (χ2n) is 4.12. The number of rotatable bonds is 4. The highest BCUT2D eigenvalue weighted by atomic mass is 16.6. The summed E-state index contributed by atoms with van der Waals surface area (Å²) >= 11 is 0. The van der Waals surface area contributed by atoms with Gasteiger partial charge in [-0.15, -0.1) is 0 Å². The predicted molar refractivity (Wildman–Crippen MR) is 56.3 cm³/mol. The van der Waals surface area contributed by atoms with Gasteiger partial charge in [0, 0.05) is 19.6 Å². The lowest BCUT2D eigenvalue weighted by Crippen LogP contribution is -2.42. The maximum atomic E-state index is 10.6. The maximum absolute atomic E-state index is 10.6. The van der Waals surface area contributed by atoms with E-state index >= 15 is 0 Å². The third-order valence-corrected chi connectivity index (χ3v) is 2.74. The van der Waals surface area contributed by atoms with Crippen LogP contribution in [0.1, 0.15) is 17.8 Å². The second kappa shape index (κ2) is 5.24. The minimum atomic E-state index is -0.837. The van der Waals surface area contributed by atoms with Crippen molar-refractivity contribution < 1.29 is 19.3 Å². The Labute approximate surface area is 98.3 Å². The van der Waals surface area contributed by atoms with Crippen LogP contribution >= 0.6 is 0 Å². The SMILES string of the molecule is Cc1nonc1CN1CCOC(CC(=O)O)C1. The molecule has 0 aromatic carbocycles. The van der Waals surface area contributed by atoms with Crippen molar-refractivity contribution in [3.8, 4) is 0 Å². The van der Waals surface area contributed by atoms with Gasteiger partial charge < -0.3 is 9.84 Å². The lowest BCUT2D eigenvalue weighted by atomic mass is 10.2. The average molecular weight is 241 g/mol. The summed E-state index contributed by atoms with van der Waals surface area (Å²) in [4.78, 5) is 12.7. The fourth-order valence-electron chi connectivity index (χ4n) is 1.85. The Hall–Kier alpha value is -1.47. The van der Waals surface area contributed by atoms with E-state index in [-0.39, 0.29) is 12.5 Å². The van der Waals surface area contributed by atoms with Gasteiger partial charge in [0.05, 0.1) is 19.1 Å². The summed E-state index contributed by atoms with van der Waals surface area (Å²) in [6, 6.07) is 0. The zero-order valence-electron chi connectivity index (χ0n) is 9.63. The van der Waals surface area contributed by atoms with Crippen LogP contribution < -0.4 is 0 Å². The average Bonchev–Trinajstić information content (AvgIpc) is 2.64. The summed E-state index contributed by atoms with van der Waals surface area (Å²) < 4.78 is 10.0. The van der Waals surface area contributed by atoms with Crippen LogP contribution in [0, 0.1) is 6.92 Å². The largest absolute Gasteiger partial charge is 0.481 e. The van der Waals surface area contributed by atoms with E-state index in [0.717, 1.165) is 17.9 Å². The zero-order valence-corrected chi connectivity index (χ0v) is 9.63. The molecule has 0 radical (unpaired) electrons. The number of carboxylic acid groups (broad SMARTS) is 1. The standard InChI is InChI=1S/C10H15N3O4/c1-7-9(12-17-11-7)6-13-2-3-16-8(5-13)4-10(14)15/h8H,2-6H2,1H3,(H,14,15). The number of aryl methyl sites for hydroxylation is 1. The number of morpholine rings is 1. The molecule has 1 aromatic heterocycles. The molecule has 17 heavy (non-hydrogen) atoms. The quantitative estimate of drug-likeness (QED) is 0.796. The number of ether oxygens (including phenoxy) is 1. The normalized spacial score (nSPS) is 21.6. The summed E-state index contributed by atoms with van der Waals surface area (Å²) in [7, 11) is 0. The molecule has 1 aromatic rings. The summed E-state index contributed by atoms with van der Waals surface area (Å²) in [5.74, 6) is -0.837. The minimum absolute atomic E-state index is 0.0343. The van der Waals surface area contributed by atoms with Gasteiger partial charge in [-0.25, -0.2) is 4.63 Å². The first-order chi connectivity index (χ1) is 8.15. The number of carboxylic acids is 1. The molecule has 1 aliphatic rings. The van der Waals surface area contributed by atoms with E-state index in [0.29, 0.717) is 19.7 Å². The van der Waals surface area contributed by atoms with Gasteiger partial charge in [0.25, 0.3) is 0 Å². The first kappa shape index (κ1) is 12.0. The molecule has 0 bridgehead atoms. The molecule has 1 unspecified atom stereocenters. The van der Waals surface area contributed by atoms with E-state index in [2.05, 4.69) is 19.8 Å². The van der Waals surface area contributed by atoms with E-state index in [9.17, 15) is 4.79 Å². The molecule has 94 valence electrons. The third kappa shape index (κ3) is 3.24. The summed E-state index contributed by atoms with van der Waals surface area (Å²) in [5.41, 5.74) is 1.56. The van der Waals surface area contributed by atoms with Gasteiger partial charge in [-0.05, 0) is 6.92 Å². The van der Waals surface area contributed by atoms with E-state index < -0.39 is 5.97 Å². The second-order valence-corrected chi connectivity index (χ2v) is 4.12. The number of carbonyl (C=O) groups is 1. The van der Waals surface area contributed by atoms with Gasteiger partial charge >= 0.3 is 5.97 Å². The van der Waals surface area contributed by atoms with Crippen LogP contribution in [-0.2, 0) is 16.1 Å². The molecule has 1 atom stereocenters. The van der Waals surface area contributed by atoms with Gasteiger partial charge in [0.1, 0.15) is 11.4 Å². The molecule has 0 amide bonds. The lowest BCUT2D eigenvalue weighted by Gasteiger charge is -2.31. The number of aromatic nitrogens is 2. The summed E-state index contributed by atoms with van der Waals surface area (Å²) in [5, 5.41) is 16.2. The number of hydrogen-bond donors (Lipinski definition) is 1. The molecule has 1 fully saturated rings. The van der Waals surface area contributed by atoms with Crippen molar-refractivity contribution in [3.05, 3.63) is 11.4 Å². The molecule has 0 aliphatic carbocycles. The molecule has 1 saturated heterocycles. The molecular formula is C10H15N3O4. The van der Waals surface area contributed by atoms with Crippen molar-refractivity contribution in [2.75, 3.05) is 19.7 Å². The first-order valence-electron chi connectivity index (χ1n) is 5.49. The zero-order chi connectivity index (χ0) is 12.3. The topological polar surface area (TPSA) is 88.7 Å². The Morgan fingerprint density at radius 1 is 1.59 bits per heavy atom. The van der Waals surface area contributed by atoms with E-state index in [1.54, 1.807) is 0 Å². The number of nitrogens with zero attached hydrogens (tertiary/aromatic N) is 3. The van der Waals surface area contributed by atoms with E-state index in [1.807, 2.05) is 6.92 Å². The van der Waals surface area contributed by atoms with Crippen molar-refractivity contribution in [2.45, 2.75) is 26.0 Å². The fourth-order valence-corrected chi connectivity index (χ4v) is 1.85. The van der Waals surface area contributed by atoms with Crippen LogP contribution in [0.5, 0.6) is 0 Å². The van der Waals surface area contributed by atoms with Crippen LogP contribution in [-0.4, -0.2) is 52.1 Å². The van der Waals surface area contributed by atoms with Crippen LogP contribution in [0.4, 0.5) is 0 Å². The van der Waals surface area contributed by atoms with E-state index in [1.165, 1.54) is 0 Å². The molecular weight excluding hydrogens is 226 g/mol. The highest BCUT2D eigenvalue weighted by molar-refractivity contribution is 5.67. The van der Waals surface area contributed by atoms with Gasteiger partial charge in [-0.3, -0.25) is 9.69 Å². The monoisotopic (exact) mass is 241 g/mol. The highest BCUT2D eigenvalue weighted by Crippen LogP contribution is 2.12. The maximum Gasteiger partial charge on any atom is 0.306 e. The lowest BCUT2D eigenvalue weighted by molar-refractivity contribution is -0.142. The van der Waals surface area contributed by atoms with Gasteiger partial charge in [0.15, 0.2) is 0 Å². The molecule has 2 heterocycles. The molecule has 1 aliphatic heterocycles. The van der Waals surface area contributed by atoms with Crippen molar-refractivity contribution in [1.82, 2.24) is 15.2 Å². The highest BCUT2D eigenvalue weighted by Gasteiger charge is 2.23. The van der Waals surface area contributed by atoms with Crippen LogP contribution in [0.2, 0.25) is 0 Å². The van der Waals surface area contributed by atoms with Crippen LogP contribution in [0.3, 0.4) is 0 Å². The molecule has 1 N–H and O–H groups in total. The molecule has 0 spiro atoms. The predicted octanol–water partition coefficient (Wildman–Crippen LogP) is 0.0535. The molecule has 7 nitrogen and oxygen atoms in total. The van der Waals surface area contributed by atoms with E-state index in [4.69, 9.17) is 9.84 Å². The minimum Gasteiger partial charge on any atom is -0.481 e. The van der Waals surface area contributed by atoms with Crippen LogP contribution in [0.15, 0.2) is 4.63 Å². The summed E-state index contributed by atoms with van der Waals surface area (Å²) in [6.45, 7) is 4.36. The molecule has 7 heteroatoms. The fraction of sp³-hybridized carbons (Fsp3) is 0.700. The van der Waals surface area contributed by atoms with Crippen molar-refractivity contribution in [3.63, 3.8) is 0 Å². The Morgan fingerprint density at radius 3 is 3.06 bits per heavy atom. The third-order valence-electron chi connectivity index (χ3n) is 2.74. The van der Waals surface area contributed by atoms with Gasteiger partial charge in [-0.2, -0.15) is 0 Å². The molecule has 0 saturated carbocycles. The van der Waals surface area contributed by atoms with Gasteiger partial charge in [0.2, 0.25) is 0 Å². The number of aliphatic carboxylic acids is 1. The number of hydrogen-bond acceptors (Lipinski definition) is 6. The Bertz CT molecular complexity index is 393. The van der Waals surface area contributed by atoms with Crippen molar-refractivity contribution in [1.29, 1.82) is 0 Å². The Balaban J connectivity index is 1.89. The first-order valence-corrected chi connectivity index (χ1v) is 5.49. The van der Waals surface area contributed by atoms with Crippen molar-refractivity contribution >= 4 is 5.97 Å². The van der Waals surface area contributed by atoms with Crippen LogP contribution in [0.25, 0.3) is 0 Å². The molecule has 2 rings (SSSR count). The van der Waals surface area contributed by atoms with Gasteiger partial charge in [-0.1, -0.05) is 10.3 Å². The smallest absolute Gasteiger partial charge is 0.306 e. The van der Waals surface area contributed by atoms with Crippen molar-refractivity contribution in [2.24, 2.45) is 0 Å². The summed E-state index contributed by atoms with van der Waals surface area (Å²) in [6.07, 6.45) is -0.214.